The summed E-state index contributed by atoms with van der Waals surface area (Å²) >= 11 is 1.58. The van der Waals surface area contributed by atoms with Crippen LogP contribution in [-0.4, -0.2) is 21.6 Å². The van der Waals surface area contributed by atoms with Crippen molar-refractivity contribution < 1.29 is 0 Å². The Balaban J connectivity index is 1.94. The molecule has 0 aliphatic heterocycles. The molecule has 0 saturated carbocycles. The standard InChI is InChI=1S/C20H25N5S/c1-20(2,3)14-6-9-19(22-11-14)24-17-8-7-15(26-21-4)10-16(17)18-12-25(5)13-23-18/h6-13,21H,1-5H3,(H,22,24). The minimum absolute atomic E-state index is 0.0939. The summed E-state index contributed by atoms with van der Waals surface area (Å²) in [5.74, 6) is 0.823. The van der Waals surface area contributed by atoms with E-state index in [0.717, 1.165) is 27.7 Å². The number of anilines is 2. The zero-order valence-electron chi connectivity index (χ0n) is 15.9. The summed E-state index contributed by atoms with van der Waals surface area (Å²) in [6, 6.07) is 10.4. The van der Waals surface area contributed by atoms with Gasteiger partial charge in [0.15, 0.2) is 0 Å². The van der Waals surface area contributed by atoms with Gasteiger partial charge in [0.2, 0.25) is 0 Å². The highest BCUT2D eigenvalue weighted by molar-refractivity contribution is 7.97. The Kier molecular flexibility index (Phi) is 5.34. The normalized spacial score (nSPS) is 11.6. The second kappa shape index (κ2) is 7.51. The van der Waals surface area contributed by atoms with E-state index in [9.17, 15) is 0 Å². The third-order valence-electron chi connectivity index (χ3n) is 4.08. The molecular weight excluding hydrogens is 342 g/mol. The van der Waals surface area contributed by atoms with E-state index in [-0.39, 0.29) is 5.41 Å². The minimum Gasteiger partial charge on any atom is -0.340 e. The summed E-state index contributed by atoms with van der Waals surface area (Å²) in [5.41, 5.74) is 4.28. The van der Waals surface area contributed by atoms with Crippen LogP contribution in [0.15, 0.2) is 53.9 Å². The van der Waals surface area contributed by atoms with Crippen LogP contribution in [0.25, 0.3) is 11.3 Å². The molecule has 0 atom stereocenters. The number of aryl methyl sites for hydroxylation is 1. The van der Waals surface area contributed by atoms with Gasteiger partial charge >= 0.3 is 0 Å². The maximum Gasteiger partial charge on any atom is 0.130 e. The predicted molar refractivity (Wildman–Crippen MR) is 110 cm³/mol. The average Bonchev–Trinajstić information content (AvgIpc) is 3.02. The maximum atomic E-state index is 4.58. The highest BCUT2D eigenvalue weighted by Gasteiger charge is 2.14. The molecule has 1 aromatic carbocycles. The topological polar surface area (TPSA) is 54.8 Å². The van der Waals surface area contributed by atoms with E-state index < -0.39 is 0 Å². The third-order valence-corrected chi connectivity index (χ3v) is 4.78. The summed E-state index contributed by atoms with van der Waals surface area (Å²) in [4.78, 5) is 10.2. The Bertz CT molecular complexity index is 878. The van der Waals surface area contributed by atoms with Gasteiger partial charge in [-0.05, 0) is 54.2 Å². The first-order valence-electron chi connectivity index (χ1n) is 8.56. The predicted octanol–water partition coefficient (Wildman–Crippen LogP) is 4.75. The molecule has 2 aromatic heterocycles. The summed E-state index contributed by atoms with van der Waals surface area (Å²) in [6.45, 7) is 6.57. The van der Waals surface area contributed by atoms with Gasteiger partial charge < -0.3 is 9.88 Å². The van der Waals surface area contributed by atoms with Crippen molar-refractivity contribution in [2.75, 3.05) is 12.4 Å². The molecule has 3 aromatic rings. The fourth-order valence-electron chi connectivity index (χ4n) is 2.63. The van der Waals surface area contributed by atoms with E-state index in [0.29, 0.717) is 0 Å². The molecule has 3 rings (SSSR count). The summed E-state index contributed by atoms with van der Waals surface area (Å²) < 4.78 is 5.07. The highest BCUT2D eigenvalue weighted by Crippen LogP contribution is 2.32. The van der Waals surface area contributed by atoms with Gasteiger partial charge in [-0.3, -0.25) is 4.72 Å². The van der Waals surface area contributed by atoms with Gasteiger partial charge in [-0.2, -0.15) is 0 Å². The van der Waals surface area contributed by atoms with Crippen molar-refractivity contribution in [2.24, 2.45) is 7.05 Å². The molecule has 5 nitrogen and oxygen atoms in total. The van der Waals surface area contributed by atoms with Gasteiger partial charge in [-0.25, -0.2) is 9.97 Å². The maximum absolute atomic E-state index is 4.58. The van der Waals surface area contributed by atoms with Gasteiger partial charge in [-0.1, -0.05) is 26.8 Å². The summed E-state index contributed by atoms with van der Waals surface area (Å²) in [5, 5.41) is 3.44. The van der Waals surface area contributed by atoms with Crippen molar-refractivity contribution >= 4 is 23.5 Å². The molecule has 0 fully saturated rings. The Hall–Kier alpha value is -2.31. The van der Waals surface area contributed by atoms with E-state index >= 15 is 0 Å². The van der Waals surface area contributed by atoms with Gasteiger partial charge in [0.25, 0.3) is 0 Å². The number of imidazole rings is 1. The number of aromatic nitrogens is 3. The number of pyridine rings is 1. The van der Waals surface area contributed by atoms with Crippen LogP contribution in [0.4, 0.5) is 11.5 Å². The zero-order valence-corrected chi connectivity index (χ0v) is 16.7. The zero-order chi connectivity index (χ0) is 18.7. The fourth-order valence-corrected chi connectivity index (χ4v) is 3.18. The molecule has 26 heavy (non-hydrogen) atoms. The van der Waals surface area contributed by atoms with Crippen LogP contribution < -0.4 is 10.0 Å². The van der Waals surface area contributed by atoms with Crippen molar-refractivity contribution in [1.29, 1.82) is 0 Å². The molecule has 0 spiro atoms. The first-order chi connectivity index (χ1) is 12.4. The van der Waals surface area contributed by atoms with Crippen molar-refractivity contribution in [2.45, 2.75) is 31.1 Å². The molecule has 0 unspecified atom stereocenters. The third kappa shape index (κ3) is 4.26. The Morgan fingerprint density at radius 2 is 1.88 bits per heavy atom. The highest BCUT2D eigenvalue weighted by atomic mass is 32.2. The van der Waals surface area contributed by atoms with E-state index in [1.165, 1.54) is 5.56 Å². The lowest BCUT2D eigenvalue weighted by atomic mass is 9.88. The summed E-state index contributed by atoms with van der Waals surface area (Å²) in [7, 11) is 3.89. The molecule has 6 heteroatoms. The van der Waals surface area contributed by atoms with Gasteiger partial charge in [-0.15, -0.1) is 0 Å². The number of nitrogens with one attached hydrogen (secondary N) is 2. The van der Waals surface area contributed by atoms with Gasteiger partial charge in [0.1, 0.15) is 5.82 Å². The smallest absolute Gasteiger partial charge is 0.130 e. The van der Waals surface area contributed by atoms with Crippen molar-refractivity contribution in [3.8, 4) is 11.3 Å². The summed E-state index contributed by atoms with van der Waals surface area (Å²) in [6.07, 6.45) is 5.77. The molecule has 0 amide bonds. The lowest BCUT2D eigenvalue weighted by molar-refractivity contribution is 0.587. The van der Waals surface area contributed by atoms with E-state index in [2.05, 4.69) is 65.0 Å². The molecule has 2 heterocycles. The van der Waals surface area contributed by atoms with Crippen LogP contribution in [0.2, 0.25) is 0 Å². The molecule has 0 aliphatic rings. The van der Waals surface area contributed by atoms with Crippen molar-refractivity contribution in [1.82, 2.24) is 19.3 Å². The second-order valence-electron chi connectivity index (χ2n) is 7.25. The lowest BCUT2D eigenvalue weighted by Gasteiger charge is -2.19. The van der Waals surface area contributed by atoms with Gasteiger partial charge in [0.05, 0.1) is 12.0 Å². The molecule has 0 saturated heterocycles. The first-order valence-corrected chi connectivity index (χ1v) is 9.38. The average molecular weight is 368 g/mol. The molecule has 0 bridgehead atoms. The van der Waals surface area contributed by atoms with E-state index in [1.54, 1.807) is 11.9 Å². The number of rotatable bonds is 5. The molecule has 2 N–H and O–H groups in total. The van der Waals surface area contributed by atoms with Crippen LogP contribution >= 0.6 is 11.9 Å². The number of nitrogens with zero attached hydrogens (tertiary/aromatic N) is 3. The Morgan fingerprint density at radius 1 is 1.08 bits per heavy atom. The second-order valence-corrected chi connectivity index (χ2v) is 8.33. The molecule has 0 aliphatic carbocycles. The minimum atomic E-state index is 0.0939. The van der Waals surface area contributed by atoms with Crippen LogP contribution in [0.3, 0.4) is 0 Å². The van der Waals surface area contributed by atoms with E-state index in [1.807, 2.05) is 43.4 Å². The number of benzene rings is 1. The molecular formula is C20H25N5S. The van der Waals surface area contributed by atoms with Crippen molar-refractivity contribution in [3.63, 3.8) is 0 Å². The fraction of sp³-hybridized carbons (Fsp3) is 0.300. The van der Waals surface area contributed by atoms with Crippen LogP contribution in [0.1, 0.15) is 26.3 Å². The van der Waals surface area contributed by atoms with Crippen molar-refractivity contribution in [3.05, 3.63) is 54.6 Å². The molecule has 0 radical (unpaired) electrons. The Labute approximate surface area is 159 Å². The van der Waals surface area contributed by atoms with Crippen LogP contribution in [-0.2, 0) is 12.5 Å². The SMILES string of the molecule is CNSc1ccc(Nc2ccc(C(C)(C)C)cn2)c(-c2cn(C)cn2)c1. The van der Waals surface area contributed by atoms with Crippen LogP contribution in [0, 0.1) is 0 Å². The Morgan fingerprint density at radius 3 is 2.46 bits per heavy atom. The quantitative estimate of drug-likeness (QED) is 0.637. The monoisotopic (exact) mass is 367 g/mol. The van der Waals surface area contributed by atoms with Crippen LogP contribution in [0.5, 0.6) is 0 Å². The number of hydrogen-bond donors (Lipinski definition) is 2. The number of hydrogen-bond acceptors (Lipinski definition) is 5. The van der Waals surface area contributed by atoms with E-state index in [4.69, 9.17) is 0 Å². The molecule has 136 valence electrons. The first kappa shape index (κ1) is 18.5. The lowest BCUT2D eigenvalue weighted by Crippen LogP contribution is -2.11. The van der Waals surface area contributed by atoms with Gasteiger partial charge in [0, 0.05) is 35.6 Å². The largest absolute Gasteiger partial charge is 0.340 e.